The molecular formula is C30H28N6O4S. The van der Waals surface area contributed by atoms with Crippen LogP contribution in [-0.2, 0) is 13.1 Å². The number of ether oxygens (including phenoxy) is 1. The number of fused-ring (bicyclic) bond motifs is 1. The monoisotopic (exact) mass is 568 g/mol. The third-order valence-corrected chi connectivity index (χ3v) is 7.49. The maximum atomic E-state index is 13.2. The van der Waals surface area contributed by atoms with Crippen molar-refractivity contribution in [3.8, 4) is 17.2 Å². The number of hydrogen-bond acceptors (Lipinski definition) is 8. The molecule has 41 heavy (non-hydrogen) atoms. The van der Waals surface area contributed by atoms with Crippen molar-refractivity contribution >= 4 is 33.7 Å². The lowest BCUT2D eigenvalue weighted by Crippen LogP contribution is -2.23. The fourth-order valence-corrected chi connectivity index (χ4v) is 5.02. The Morgan fingerprint density at radius 3 is 2.41 bits per heavy atom. The molecule has 5 aromatic rings. The Balaban J connectivity index is 1.37. The zero-order chi connectivity index (χ0) is 29.1. The summed E-state index contributed by atoms with van der Waals surface area (Å²) in [6, 6.07) is 22.2. The number of nitrogens with zero attached hydrogens (tertiary/aromatic N) is 5. The molecule has 11 heteroatoms. The topological polar surface area (TPSA) is 136 Å². The molecule has 0 saturated heterocycles. The van der Waals surface area contributed by atoms with Crippen molar-refractivity contribution in [2.45, 2.75) is 32.1 Å². The Labute approximate surface area is 240 Å². The van der Waals surface area contributed by atoms with Crippen LogP contribution in [0, 0.1) is 13.8 Å². The van der Waals surface area contributed by atoms with Gasteiger partial charge in [0.1, 0.15) is 17.2 Å². The Morgan fingerprint density at radius 2 is 1.68 bits per heavy atom. The lowest BCUT2D eigenvalue weighted by atomic mass is 10.0. The summed E-state index contributed by atoms with van der Waals surface area (Å²) in [4.78, 5) is 26.8. The van der Waals surface area contributed by atoms with Crippen molar-refractivity contribution in [1.29, 1.82) is 0 Å². The number of aromatic hydroxyl groups is 1. The van der Waals surface area contributed by atoms with Gasteiger partial charge < -0.3 is 20.5 Å². The summed E-state index contributed by atoms with van der Waals surface area (Å²) in [5, 5.41) is 23.6. The molecule has 0 spiro atoms. The number of carbonyl (C=O) groups excluding carboxylic acids is 2. The fraction of sp³-hybridized carbons (Fsp3) is 0.167. The SMILES string of the molecule is Cc1ccc(Cn2nnnc2SC(=O)N(C)Cc2cc(C)ccc2Oc2cc(C(N)=O)c(O)c3ccccc23)cc1. The Morgan fingerprint density at radius 1 is 0.976 bits per heavy atom. The molecule has 0 bridgehead atoms. The molecule has 0 unspecified atom stereocenters. The predicted octanol–water partition coefficient (Wildman–Crippen LogP) is 5.43. The minimum absolute atomic E-state index is 0.0422. The van der Waals surface area contributed by atoms with Crippen LogP contribution < -0.4 is 10.5 Å². The van der Waals surface area contributed by atoms with E-state index in [0.29, 0.717) is 34.0 Å². The summed E-state index contributed by atoms with van der Waals surface area (Å²) < 4.78 is 7.90. The molecule has 0 radical (unpaired) electrons. The van der Waals surface area contributed by atoms with E-state index in [1.165, 1.54) is 6.07 Å². The summed E-state index contributed by atoms with van der Waals surface area (Å²) in [6.07, 6.45) is 0. The lowest BCUT2D eigenvalue weighted by molar-refractivity contribution is 0.0997. The highest BCUT2D eigenvalue weighted by molar-refractivity contribution is 8.13. The van der Waals surface area contributed by atoms with Crippen molar-refractivity contribution in [2.24, 2.45) is 5.73 Å². The molecule has 0 aliphatic heterocycles. The second kappa shape index (κ2) is 11.7. The molecule has 3 N–H and O–H groups in total. The average molecular weight is 569 g/mol. The number of hydrogen-bond donors (Lipinski definition) is 2. The molecule has 0 saturated carbocycles. The van der Waals surface area contributed by atoms with Crippen molar-refractivity contribution in [3.05, 3.63) is 101 Å². The fourth-order valence-electron chi connectivity index (χ4n) is 4.36. The summed E-state index contributed by atoms with van der Waals surface area (Å²) in [5.74, 6) is -0.113. The normalized spacial score (nSPS) is 11.0. The van der Waals surface area contributed by atoms with Crippen LogP contribution in [0.25, 0.3) is 10.8 Å². The van der Waals surface area contributed by atoms with Gasteiger partial charge in [-0.1, -0.05) is 71.8 Å². The van der Waals surface area contributed by atoms with Gasteiger partial charge in [-0.25, -0.2) is 4.68 Å². The van der Waals surface area contributed by atoms with Crippen LogP contribution in [0.5, 0.6) is 17.2 Å². The van der Waals surface area contributed by atoms with Gasteiger partial charge in [0.2, 0.25) is 5.16 Å². The summed E-state index contributed by atoms with van der Waals surface area (Å²) in [6.45, 7) is 4.65. The van der Waals surface area contributed by atoms with Gasteiger partial charge in [-0.15, -0.1) is 5.10 Å². The lowest BCUT2D eigenvalue weighted by Gasteiger charge is -2.20. The third kappa shape index (κ3) is 6.15. The van der Waals surface area contributed by atoms with Crippen molar-refractivity contribution < 1.29 is 19.4 Å². The smallest absolute Gasteiger partial charge is 0.289 e. The first-order valence-electron chi connectivity index (χ1n) is 12.8. The number of thioether (sulfide) groups is 1. The minimum atomic E-state index is -0.769. The molecule has 1 aromatic heterocycles. The second-order valence-electron chi connectivity index (χ2n) is 9.72. The Hall–Kier alpha value is -4.90. The van der Waals surface area contributed by atoms with E-state index in [4.69, 9.17) is 10.5 Å². The molecular weight excluding hydrogens is 540 g/mol. The molecule has 0 atom stereocenters. The molecule has 0 aliphatic carbocycles. The number of carbonyl (C=O) groups is 2. The van der Waals surface area contributed by atoms with Crippen molar-refractivity contribution in [2.75, 3.05) is 7.05 Å². The molecule has 0 fully saturated rings. The van der Waals surface area contributed by atoms with E-state index in [1.54, 1.807) is 34.8 Å². The largest absolute Gasteiger partial charge is 0.506 e. The van der Waals surface area contributed by atoms with Gasteiger partial charge in [-0.05, 0) is 42.0 Å². The second-order valence-corrected chi connectivity index (χ2v) is 10.6. The minimum Gasteiger partial charge on any atom is -0.506 e. The van der Waals surface area contributed by atoms with E-state index in [-0.39, 0.29) is 23.1 Å². The van der Waals surface area contributed by atoms with Crippen LogP contribution in [0.2, 0.25) is 0 Å². The summed E-state index contributed by atoms with van der Waals surface area (Å²) >= 11 is 0.943. The number of rotatable bonds is 8. The molecule has 4 aromatic carbocycles. The van der Waals surface area contributed by atoms with Crippen LogP contribution in [-0.4, -0.2) is 48.4 Å². The third-order valence-electron chi connectivity index (χ3n) is 6.53. The van der Waals surface area contributed by atoms with Gasteiger partial charge in [-0.3, -0.25) is 9.59 Å². The molecule has 5 rings (SSSR count). The zero-order valence-corrected chi connectivity index (χ0v) is 23.6. The highest BCUT2D eigenvalue weighted by Crippen LogP contribution is 2.39. The van der Waals surface area contributed by atoms with Gasteiger partial charge in [0.25, 0.3) is 11.1 Å². The number of primary amides is 1. The van der Waals surface area contributed by atoms with Gasteiger partial charge in [0.15, 0.2) is 0 Å². The van der Waals surface area contributed by atoms with Crippen molar-refractivity contribution in [1.82, 2.24) is 25.1 Å². The van der Waals surface area contributed by atoms with Crippen LogP contribution in [0.1, 0.15) is 32.6 Å². The van der Waals surface area contributed by atoms with Gasteiger partial charge >= 0.3 is 0 Å². The number of amides is 2. The number of nitrogens with two attached hydrogens (primary N) is 1. The molecule has 10 nitrogen and oxygen atoms in total. The number of aryl methyl sites for hydroxylation is 2. The average Bonchev–Trinajstić information content (AvgIpc) is 3.38. The predicted molar refractivity (Wildman–Crippen MR) is 156 cm³/mol. The van der Waals surface area contributed by atoms with Gasteiger partial charge in [-0.2, -0.15) is 0 Å². The summed E-state index contributed by atoms with van der Waals surface area (Å²) in [7, 11) is 1.69. The molecule has 0 aliphatic rings. The first-order chi connectivity index (χ1) is 19.7. The van der Waals surface area contributed by atoms with Gasteiger partial charge in [0.05, 0.1) is 12.1 Å². The molecule has 208 valence electrons. The van der Waals surface area contributed by atoms with Crippen LogP contribution >= 0.6 is 11.8 Å². The number of benzene rings is 4. The van der Waals surface area contributed by atoms with Gasteiger partial charge in [0, 0.05) is 41.7 Å². The quantitative estimate of drug-likeness (QED) is 0.236. The van der Waals surface area contributed by atoms with E-state index >= 15 is 0 Å². The van der Waals surface area contributed by atoms with Crippen LogP contribution in [0.3, 0.4) is 0 Å². The molecule has 1 heterocycles. The Bertz CT molecular complexity index is 1750. The first kappa shape index (κ1) is 27.7. The number of phenols is 1. The van der Waals surface area contributed by atoms with Crippen molar-refractivity contribution in [3.63, 3.8) is 0 Å². The number of tetrazole rings is 1. The maximum Gasteiger partial charge on any atom is 0.289 e. The Kier molecular flexibility index (Phi) is 7.88. The van der Waals surface area contributed by atoms with E-state index in [1.807, 2.05) is 62.4 Å². The van der Waals surface area contributed by atoms with E-state index < -0.39 is 5.91 Å². The van der Waals surface area contributed by atoms with E-state index in [9.17, 15) is 14.7 Å². The van der Waals surface area contributed by atoms with E-state index in [2.05, 4.69) is 15.5 Å². The van der Waals surface area contributed by atoms with E-state index in [0.717, 1.165) is 34.0 Å². The standard InChI is InChI=1S/C30H28N6O4S/c1-18-8-11-20(12-9-18)16-36-29(32-33-34-36)41-30(39)35(3)17-21-14-19(2)10-13-25(21)40-26-15-24(28(31)38)27(37)23-7-5-4-6-22(23)26/h4-15,37H,16-17H2,1-3H3,(H2,31,38). The van der Waals surface area contributed by atoms with Crippen LogP contribution in [0.15, 0.2) is 78.0 Å². The molecule has 2 amide bonds. The first-order valence-corrected chi connectivity index (χ1v) is 13.6. The zero-order valence-electron chi connectivity index (χ0n) is 22.7. The summed E-state index contributed by atoms with van der Waals surface area (Å²) in [5.41, 5.74) is 9.38. The van der Waals surface area contributed by atoms with Crippen LogP contribution in [0.4, 0.5) is 4.79 Å². The maximum absolute atomic E-state index is 13.2. The highest BCUT2D eigenvalue weighted by Gasteiger charge is 2.20. The number of aromatic nitrogens is 4. The highest BCUT2D eigenvalue weighted by atomic mass is 32.2.